The molecule has 0 radical (unpaired) electrons. The molecule has 4 nitrogen and oxygen atoms in total. The number of rotatable bonds is 6. The molecule has 0 aliphatic rings. The van der Waals surface area contributed by atoms with Gasteiger partial charge in [0.05, 0.1) is 17.0 Å². The van der Waals surface area contributed by atoms with Gasteiger partial charge in [-0.15, -0.1) is 0 Å². The second-order valence-corrected chi connectivity index (χ2v) is 6.42. The zero-order valence-corrected chi connectivity index (χ0v) is 14.6. The van der Waals surface area contributed by atoms with Gasteiger partial charge in [-0.1, -0.05) is 72.8 Å². The summed E-state index contributed by atoms with van der Waals surface area (Å²) in [6.45, 7) is 0. The Hall–Kier alpha value is -3.53. The van der Waals surface area contributed by atoms with E-state index in [4.69, 9.17) is 0 Å². The molecule has 1 atom stereocenters. The Kier molecular flexibility index (Phi) is 4.62. The third kappa shape index (κ3) is 3.55. The molecule has 4 heteroatoms. The number of Topliss-reactive ketones (excluding diaryl/α,β-unsaturated/α-hetero) is 2. The number of aromatic nitrogens is 2. The lowest BCUT2D eigenvalue weighted by atomic mass is 9.90. The van der Waals surface area contributed by atoms with Crippen LogP contribution in [0.15, 0.2) is 84.9 Å². The van der Waals surface area contributed by atoms with Gasteiger partial charge in [-0.25, -0.2) is 4.98 Å². The van der Waals surface area contributed by atoms with Gasteiger partial charge >= 0.3 is 0 Å². The highest BCUT2D eigenvalue weighted by atomic mass is 16.1. The van der Waals surface area contributed by atoms with E-state index in [1.165, 1.54) is 0 Å². The monoisotopic (exact) mass is 354 g/mol. The van der Waals surface area contributed by atoms with Crippen LogP contribution in [0.3, 0.4) is 0 Å². The molecule has 1 aromatic heterocycles. The normalized spacial score (nSPS) is 12.0. The summed E-state index contributed by atoms with van der Waals surface area (Å²) < 4.78 is 0. The Balaban J connectivity index is 1.72. The molecule has 1 heterocycles. The van der Waals surface area contributed by atoms with Crippen molar-refractivity contribution in [3.63, 3.8) is 0 Å². The predicted molar refractivity (Wildman–Crippen MR) is 105 cm³/mol. The molecule has 132 valence electrons. The van der Waals surface area contributed by atoms with Crippen molar-refractivity contribution in [1.29, 1.82) is 0 Å². The van der Waals surface area contributed by atoms with Gasteiger partial charge in [0.1, 0.15) is 5.82 Å². The number of hydrogen-bond donors (Lipinski definition) is 1. The van der Waals surface area contributed by atoms with E-state index in [0.717, 1.165) is 11.0 Å². The number of imidazole rings is 1. The lowest BCUT2D eigenvalue weighted by molar-refractivity contribution is 0.0890. The standard InChI is InChI=1S/C23H18N2O2/c26-21(16-9-3-1-4-10-16)15-18(22(27)17-11-5-2-6-12-17)23-24-19-13-7-8-14-20(19)25-23/h1-14,18H,15H2,(H,24,25). The minimum absolute atomic E-state index is 0.0670. The Labute approximate surface area is 156 Å². The summed E-state index contributed by atoms with van der Waals surface area (Å²) in [5.74, 6) is -0.328. The zero-order chi connectivity index (χ0) is 18.6. The number of aromatic amines is 1. The average Bonchev–Trinajstić information content (AvgIpc) is 3.16. The summed E-state index contributed by atoms with van der Waals surface area (Å²) in [6.07, 6.45) is 0.0670. The van der Waals surface area contributed by atoms with Gasteiger partial charge in [0.15, 0.2) is 11.6 Å². The van der Waals surface area contributed by atoms with Crippen LogP contribution in [0.2, 0.25) is 0 Å². The summed E-state index contributed by atoms with van der Waals surface area (Å²) in [5.41, 5.74) is 2.80. The number of fused-ring (bicyclic) bond motifs is 1. The molecule has 0 saturated carbocycles. The number of carbonyl (C=O) groups is 2. The predicted octanol–water partition coefficient (Wildman–Crippen LogP) is 4.80. The highest BCUT2D eigenvalue weighted by molar-refractivity contribution is 6.06. The van der Waals surface area contributed by atoms with Crippen LogP contribution in [-0.4, -0.2) is 21.5 Å². The maximum atomic E-state index is 13.2. The Morgan fingerprint density at radius 1 is 0.778 bits per heavy atom. The van der Waals surface area contributed by atoms with Crippen LogP contribution in [-0.2, 0) is 0 Å². The van der Waals surface area contributed by atoms with Crippen molar-refractivity contribution in [1.82, 2.24) is 9.97 Å². The summed E-state index contributed by atoms with van der Waals surface area (Å²) >= 11 is 0. The number of para-hydroxylation sites is 2. The molecule has 27 heavy (non-hydrogen) atoms. The zero-order valence-electron chi connectivity index (χ0n) is 14.6. The van der Waals surface area contributed by atoms with Gasteiger partial charge in [0.2, 0.25) is 0 Å². The van der Waals surface area contributed by atoms with E-state index in [1.807, 2.05) is 60.7 Å². The molecule has 0 amide bonds. The minimum atomic E-state index is -0.660. The van der Waals surface area contributed by atoms with Crippen LogP contribution in [0.4, 0.5) is 0 Å². The van der Waals surface area contributed by atoms with Crippen molar-refractivity contribution >= 4 is 22.6 Å². The molecule has 0 bridgehead atoms. The Bertz CT molecular complexity index is 1050. The number of hydrogen-bond acceptors (Lipinski definition) is 3. The number of ketones is 2. The highest BCUT2D eigenvalue weighted by Gasteiger charge is 2.28. The molecule has 1 N–H and O–H groups in total. The van der Waals surface area contributed by atoms with E-state index in [-0.39, 0.29) is 18.0 Å². The van der Waals surface area contributed by atoms with Gasteiger partial charge in [-0.3, -0.25) is 9.59 Å². The van der Waals surface area contributed by atoms with Gasteiger partial charge < -0.3 is 4.98 Å². The molecule has 0 spiro atoms. The Morgan fingerprint density at radius 2 is 1.37 bits per heavy atom. The van der Waals surface area contributed by atoms with Gasteiger partial charge in [0, 0.05) is 17.5 Å². The first kappa shape index (κ1) is 16.9. The Morgan fingerprint density at radius 3 is 2.04 bits per heavy atom. The first-order valence-corrected chi connectivity index (χ1v) is 8.84. The second kappa shape index (κ2) is 7.38. The average molecular weight is 354 g/mol. The van der Waals surface area contributed by atoms with E-state index in [2.05, 4.69) is 9.97 Å². The molecule has 0 saturated heterocycles. The second-order valence-electron chi connectivity index (χ2n) is 6.42. The molecular weight excluding hydrogens is 336 g/mol. The molecule has 3 aromatic carbocycles. The van der Waals surface area contributed by atoms with E-state index in [0.29, 0.717) is 17.0 Å². The van der Waals surface area contributed by atoms with E-state index in [1.54, 1.807) is 24.3 Å². The van der Waals surface area contributed by atoms with Crippen molar-refractivity contribution < 1.29 is 9.59 Å². The van der Waals surface area contributed by atoms with Crippen molar-refractivity contribution in [2.75, 3.05) is 0 Å². The van der Waals surface area contributed by atoms with Crippen molar-refractivity contribution in [2.24, 2.45) is 0 Å². The lowest BCUT2D eigenvalue weighted by Gasteiger charge is -2.13. The number of nitrogens with zero attached hydrogens (tertiary/aromatic N) is 1. The van der Waals surface area contributed by atoms with Crippen LogP contribution in [0.5, 0.6) is 0 Å². The first-order valence-electron chi connectivity index (χ1n) is 8.84. The minimum Gasteiger partial charge on any atom is -0.341 e. The largest absolute Gasteiger partial charge is 0.341 e. The first-order chi connectivity index (χ1) is 13.2. The molecule has 4 aromatic rings. The number of benzene rings is 3. The van der Waals surface area contributed by atoms with Crippen molar-refractivity contribution in [3.8, 4) is 0 Å². The third-order valence-corrected chi connectivity index (χ3v) is 4.60. The van der Waals surface area contributed by atoms with Gasteiger partial charge in [0.25, 0.3) is 0 Å². The number of carbonyl (C=O) groups excluding carboxylic acids is 2. The summed E-state index contributed by atoms with van der Waals surface area (Å²) in [4.78, 5) is 33.8. The molecule has 0 aliphatic carbocycles. The lowest BCUT2D eigenvalue weighted by Crippen LogP contribution is -2.18. The highest BCUT2D eigenvalue weighted by Crippen LogP contribution is 2.26. The SMILES string of the molecule is O=C(CC(C(=O)c1ccccc1)c1nc2ccccc2[nH]1)c1ccccc1. The van der Waals surface area contributed by atoms with E-state index in [9.17, 15) is 9.59 Å². The molecule has 1 unspecified atom stereocenters. The summed E-state index contributed by atoms with van der Waals surface area (Å²) in [6, 6.07) is 25.7. The molecule has 0 aliphatic heterocycles. The van der Waals surface area contributed by atoms with Crippen LogP contribution in [0, 0.1) is 0 Å². The topological polar surface area (TPSA) is 62.8 Å². The molecule has 4 rings (SSSR count). The van der Waals surface area contributed by atoms with Gasteiger partial charge in [-0.05, 0) is 12.1 Å². The summed E-state index contributed by atoms with van der Waals surface area (Å²) in [5, 5.41) is 0. The number of nitrogens with one attached hydrogen (secondary N) is 1. The van der Waals surface area contributed by atoms with Crippen LogP contribution < -0.4 is 0 Å². The molecule has 0 fully saturated rings. The van der Waals surface area contributed by atoms with Gasteiger partial charge in [-0.2, -0.15) is 0 Å². The quantitative estimate of drug-likeness (QED) is 0.506. The number of H-pyrrole nitrogens is 1. The fourth-order valence-corrected chi connectivity index (χ4v) is 3.18. The van der Waals surface area contributed by atoms with Crippen molar-refractivity contribution in [2.45, 2.75) is 12.3 Å². The van der Waals surface area contributed by atoms with Crippen LogP contribution >= 0.6 is 0 Å². The van der Waals surface area contributed by atoms with Crippen molar-refractivity contribution in [3.05, 3.63) is 102 Å². The van der Waals surface area contributed by atoms with E-state index >= 15 is 0 Å². The third-order valence-electron chi connectivity index (χ3n) is 4.60. The smallest absolute Gasteiger partial charge is 0.173 e. The summed E-state index contributed by atoms with van der Waals surface area (Å²) in [7, 11) is 0. The van der Waals surface area contributed by atoms with Crippen LogP contribution in [0.1, 0.15) is 38.9 Å². The maximum absolute atomic E-state index is 13.2. The maximum Gasteiger partial charge on any atom is 0.173 e. The van der Waals surface area contributed by atoms with Crippen LogP contribution in [0.25, 0.3) is 11.0 Å². The molecular formula is C23H18N2O2. The van der Waals surface area contributed by atoms with E-state index < -0.39 is 5.92 Å². The fourth-order valence-electron chi connectivity index (χ4n) is 3.18. The fraction of sp³-hybridized carbons (Fsp3) is 0.0870.